The highest BCUT2D eigenvalue weighted by molar-refractivity contribution is 7.12. The first-order valence-electron chi connectivity index (χ1n) is 7.81. The molecule has 0 bridgehead atoms. The summed E-state index contributed by atoms with van der Waals surface area (Å²) in [6, 6.07) is 15.8. The molecule has 3 aromatic rings. The molecule has 126 valence electrons. The van der Waals surface area contributed by atoms with E-state index in [9.17, 15) is 9.59 Å². The summed E-state index contributed by atoms with van der Waals surface area (Å²) in [6.45, 7) is 1.87. The lowest BCUT2D eigenvalue weighted by molar-refractivity contribution is 0.0940. The van der Waals surface area contributed by atoms with Crippen LogP contribution >= 0.6 is 11.3 Å². The van der Waals surface area contributed by atoms with E-state index in [2.05, 4.69) is 15.6 Å². The molecule has 3 rings (SSSR count). The number of pyridine rings is 1. The summed E-state index contributed by atoms with van der Waals surface area (Å²) in [5.41, 5.74) is 1.66. The number of carbonyl (C=O) groups excluding carboxylic acids is 2. The number of nitrogens with one attached hydrogen (secondary N) is 2. The number of anilines is 1. The van der Waals surface area contributed by atoms with E-state index >= 15 is 0 Å². The van der Waals surface area contributed by atoms with E-state index in [-0.39, 0.29) is 17.9 Å². The van der Waals surface area contributed by atoms with E-state index in [0.717, 1.165) is 5.69 Å². The van der Waals surface area contributed by atoms with E-state index in [1.54, 1.807) is 36.5 Å². The molecule has 5 nitrogen and oxygen atoms in total. The van der Waals surface area contributed by atoms with Gasteiger partial charge >= 0.3 is 0 Å². The first-order chi connectivity index (χ1) is 12.1. The predicted octanol–water partition coefficient (Wildman–Crippen LogP) is 3.89. The van der Waals surface area contributed by atoms with Crippen LogP contribution in [0.1, 0.15) is 38.7 Å². The summed E-state index contributed by atoms with van der Waals surface area (Å²) in [4.78, 5) is 29.7. The second-order valence-corrected chi connectivity index (χ2v) is 6.37. The number of thiophene rings is 1. The molecule has 2 N–H and O–H groups in total. The lowest BCUT2D eigenvalue weighted by Crippen LogP contribution is -2.28. The molecule has 1 aromatic carbocycles. The summed E-state index contributed by atoms with van der Waals surface area (Å²) in [5, 5.41) is 7.55. The zero-order chi connectivity index (χ0) is 17.6. The van der Waals surface area contributed by atoms with Crippen molar-refractivity contribution in [3.63, 3.8) is 0 Å². The fourth-order valence-corrected chi connectivity index (χ4v) is 2.98. The molecule has 0 saturated carbocycles. The molecule has 1 atom stereocenters. The van der Waals surface area contributed by atoms with E-state index in [1.165, 1.54) is 11.3 Å². The molecular weight excluding hydrogens is 334 g/mol. The molecule has 0 aliphatic heterocycles. The lowest BCUT2D eigenvalue weighted by atomic mass is 10.1. The molecule has 0 fully saturated rings. The standard InChI is InChI=1S/C19H17N3O2S/c1-13(15-8-4-5-11-20-15)21-18(23)14-7-2-3-9-16(14)22-19(24)17-10-6-12-25-17/h2-13H,1H3,(H,21,23)(H,22,24). The monoisotopic (exact) mass is 351 g/mol. The van der Waals surface area contributed by atoms with Gasteiger partial charge in [-0.1, -0.05) is 24.3 Å². The van der Waals surface area contributed by atoms with Crippen LogP contribution in [0.5, 0.6) is 0 Å². The number of aromatic nitrogens is 1. The van der Waals surface area contributed by atoms with Crippen LogP contribution in [0, 0.1) is 0 Å². The fraction of sp³-hybridized carbons (Fsp3) is 0.105. The first kappa shape index (κ1) is 16.9. The maximum atomic E-state index is 12.6. The zero-order valence-corrected chi connectivity index (χ0v) is 14.4. The second kappa shape index (κ2) is 7.72. The van der Waals surface area contributed by atoms with Crippen LogP contribution in [-0.2, 0) is 0 Å². The Morgan fingerprint density at radius 3 is 2.52 bits per heavy atom. The maximum absolute atomic E-state index is 12.6. The minimum Gasteiger partial charge on any atom is -0.344 e. The summed E-state index contributed by atoms with van der Waals surface area (Å²) >= 11 is 1.35. The number of hydrogen-bond donors (Lipinski definition) is 2. The van der Waals surface area contributed by atoms with Crippen molar-refractivity contribution in [2.24, 2.45) is 0 Å². The highest BCUT2D eigenvalue weighted by Crippen LogP contribution is 2.19. The summed E-state index contributed by atoms with van der Waals surface area (Å²) < 4.78 is 0. The zero-order valence-electron chi connectivity index (χ0n) is 13.6. The Kier molecular flexibility index (Phi) is 5.20. The van der Waals surface area contributed by atoms with Crippen LogP contribution in [0.15, 0.2) is 66.2 Å². The van der Waals surface area contributed by atoms with Gasteiger partial charge in [-0.05, 0) is 42.6 Å². The Morgan fingerprint density at radius 1 is 1.00 bits per heavy atom. The first-order valence-corrected chi connectivity index (χ1v) is 8.69. The van der Waals surface area contributed by atoms with Gasteiger partial charge < -0.3 is 10.6 Å². The van der Waals surface area contributed by atoms with Crippen molar-refractivity contribution in [2.75, 3.05) is 5.32 Å². The predicted molar refractivity (Wildman–Crippen MR) is 98.8 cm³/mol. The van der Waals surface area contributed by atoms with Crippen molar-refractivity contribution >= 4 is 28.8 Å². The van der Waals surface area contributed by atoms with Gasteiger partial charge in [-0.25, -0.2) is 0 Å². The van der Waals surface area contributed by atoms with Crippen molar-refractivity contribution in [2.45, 2.75) is 13.0 Å². The van der Waals surface area contributed by atoms with Crippen molar-refractivity contribution in [3.05, 3.63) is 82.3 Å². The van der Waals surface area contributed by atoms with E-state index in [0.29, 0.717) is 16.1 Å². The Morgan fingerprint density at radius 2 is 1.80 bits per heavy atom. The number of hydrogen-bond acceptors (Lipinski definition) is 4. The molecule has 2 aromatic heterocycles. The number of benzene rings is 1. The fourth-order valence-electron chi connectivity index (χ4n) is 2.36. The van der Waals surface area contributed by atoms with Crippen LogP contribution in [0.2, 0.25) is 0 Å². The van der Waals surface area contributed by atoms with Crippen LogP contribution in [-0.4, -0.2) is 16.8 Å². The van der Waals surface area contributed by atoms with Crippen molar-refractivity contribution in [1.29, 1.82) is 0 Å². The van der Waals surface area contributed by atoms with E-state index < -0.39 is 0 Å². The van der Waals surface area contributed by atoms with Gasteiger partial charge in [0.15, 0.2) is 0 Å². The molecular formula is C19H17N3O2S. The van der Waals surface area contributed by atoms with Gasteiger partial charge in [-0.15, -0.1) is 11.3 Å². The third-order valence-corrected chi connectivity index (χ3v) is 4.51. The highest BCUT2D eigenvalue weighted by Gasteiger charge is 2.17. The average molecular weight is 351 g/mol. The molecule has 0 radical (unpaired) electrons. The SMILES string of the molecule is CC(NC(=O)c1ccccc1NC(=O)c1cccs1)c1ccccn1. The second-order valence-electron chi connectivity index (χ2n) is 5.43. The molecule has 6 heteroatoms. The Labute approximate surface area is 149 Å². The van der Waals surface area contributed by atoms with Gasteiger partial charge in [0.25, 0.3) is 11.8 Å². The molecule has 0 aliphatic rings. The molecule has 0 spiro atoms. The number of para-hydroxylation sites is 1. The lowest BCUT2D eigenvalue weighted by Gasteiger charge is -2.15. The molecule has 25 heavy (non-hydrogen) atoms. The van der Waals surface area contributed by atoms with Crippen molar-refractivity contribution in [1.82, 2.24) is 10.3 Å². The van der Waals surface area contributed by atoms with Gasteiger partial charge in [-0.3, -0.25) is 14.6 Å². The summed E-state index contributed by atoms with van der Waals surface area (Å²) in [7, 11) is 0. The number of carbonyl (C=O) groups is 2. The van der Waals surface area contributed by atoms with E-state index in [4.69, 9.17) is 0 Å². The molecule has 2 amide bonds. The normalized spacial score (nSPS) is 11.6. The van der Waals surface area contributed by atoms with Gasteiger partial charge in [0.2, 0.25) is 0 Å². The third kappa shape index (κ3) is 4.10. The summed E-state index contributed by atoms with van der Waals surface area (Å²) in [6.07, 6.45) is 1.69. The van der Waals surface area contributed by atoms with Crippen LogP contribution < -0.4 is 10.6 Å². The summed E-state index contributed by atoms with van der Waals surface area (Å²) in [5.74, 6) is -0.492. The minimum atomic E-state index is -0.264. The Hall–Kier alpha value is -2.99. The molecule has 2 heterocycles. The molecule has 1 unspecified atom stereocenters. The molecule has 0 saturated heterocycles. The molecule has 0 aliphatic carbocycles. The smallest absolute Gasteiger partial charge is 0.265 e. The quantitative estimate of drug-likeness (QED) is 0.733. The average Bonchev–Trinajstić information content (AvgIpc) is 3.17. The number of amides is 2. The third-order valence-electron chi connectivity index (χ3n) is 3.64. The number of nitrogens with zero attached hydrogens (tertiary/aromatic N) is 1. The highest BCUT2D eigenvalue weighted by atomic mass is 32.1. The number of rotatable bonds is 5. The Balaban J connectivity index is 1.76. The maximum Gasteiger partial charge on any atom is 0.265 e. The topological polar surface area (TPSA) is 71.1 Å². The van der Waals surface area contributed by atoms with Crippen LogP contribution in [0.4, 0.5) is 5.69 Å². The van der Waals surface area contributed by atoms with E-state index in [1.807, 2.05) is 36.6 Å². The minimum absolute atomic E-state index is 0.229. The Bertz CT molecular complexity index is 863. The van der Waals surface area contributed by atoms with Gasteiger partial charge in [0, 0.05) is 6.20 Å². The van der Waals surface area contributed by atoms with Gasteiger partial charge in [0.05, 0.1) is 27.9 Å². The van der Waals surface area contributed by atoms with Crippen LogP contribution in [0.25, 0.3) is 0 Å². The van der Waals surface area contributed by atoms with Crippen molar-refractivity contribution < 1.29 is 9.59 Å². The van der Waals surface area contributed by atoms with Gasteiger partial charge in [0.1, 0.15) is 0 Å². The van der Waals surface area contributed by atoms with Crippen molar-refractivity contribution in [3.8, 4) is 0 Å². The largest absolute Gasteiger partial charge is 0.344 e. The van der Waals surface area contributed by atoms with Crippen LogP contribution in [0.3, 0.4) is 0 Å². The van der Waals surface area contributed by atoms with Gasteiger partial charge in [-0.2, -0.15) is 0 Å².